The van der Waals surface area contributed by atoms with E-state index in [1.807, 2.05) is 30.3 Å². The summed E-state index contributed by atoms with van der Waals surface area (Å²) >= 11 is 1.66. The van der Waals surface area contributed by atoms with Gasteiger partial charge in [0.05, 0.1) is 31.2 Å². The predicted octanol–water partition coefficient (Wildman–Crippen LogP) is 4.58. The second kappa shape index (κ2) is 11.8. The molecule has 8 heteroatoms. The van der Waals surface area contributed by atoms with E-state index in [-0.39, 0.29) is 12.5 Å². The van der Waals surface area contributed by atoms with Crippen molar-refractivity contribution in [1.29, 1.82) is 0 Å². The van der Waals surface area contributed by atoms with Gasteiger partial charge in [-0.1, -0.05) is 18.2 Å². The molecule has 166 valence electrons. The monoisotopic (exact) mass is 452 g/mol. The van der Waals surface area contributed by atoms with Crippen LogP contribution in [0, 0.1) is 0 Å². The van der Waals surface area contributed by atoms with Gasteiger partial charge in [-0.05, 0) is 43.3 Å². The predicted molar refractivity (Wildman–Crippen MR) is 123 cm³/mol. The molecule has 0 radical (unpaired) electrons. The topological polar surface area (TPSA) is 86.8 Å². The van der Waals surface area contributed by atoms with Crippen LogP contribution < -0.4 is 14.8 Å². The quantitative estimate of drug-likeness (QED) is 0.356. The number of ether oxygens (including phenoxy) is 3. The summed E-state index contributed by atoms with van der Waals surface area (Å²) in [5.41, 5.74) is 1.78. The molecule has 1 amide bonds. The van der Waals surface area contributed by atoms with Crippen molar-refractivity contribution in [2.75, 3.05) is 25.6 Å². The molecule has 1 aromatic heterocycles. The molecule has 3 rings (SSSR count). The van der Waals surface area contributed by atoms with Crippen molar-refractivity contribution in [2.24, 2.45) is 0 Å². The molecule has 1 N–H and O–H groups in total. The summed E-state index contributed by atoms with van der Waals surface area (Å²) < 4.78 is 15.9. The van der Waals surface area contributed by atoms with Crippen LogP contribution in [-0.2, 0) is 15.3 Å². The molecule has 0 bridgehead atoms. The molecule has 0 saturated heterocycles. The van der Waals surface area contributed by atoms with Gasteiger partial charge in [-0.15, -0.1) is 11.8 Å². The van der Waals surface area contributed by atoms with E-state index in [1.165, 1.54) is 7.11 Å². The number of hydrogen-bond acceptors (Lipinski definition) is 7. The van der Waals surface area contributed by atoms with Crippen LogP contribution in [0.2, 0.25) is 0 Å². The van der Waals surface area contributed by atoms with Gasteiger partial charge in [0.1, 0.15) is 0 Å². The maximum atomic E-state index is 12.3. The fourth-order valence-electron chi connectivity index (χ4n) is 2.73. The number of methoxy groups -OCH3 is 1. The number of pyridine rings is 1. The lowest BCUT2D eigenvalue weighted by atomic mass is 10.2. The van der Waals surface area contributed by atoms with Gasteiger partial charge in [-0.3, -0.25) is 9.78 Å². The van der Waals surface area contributed by atoms with Crippen LogP contribution in [0.3, 0.4) is 0 Å². The van der Waals surface area contributed by atoms with Gasteiger partial charge >= 0.3 is 5.97 Å². The number of thioether (sulfide) groups is 1. The van der Waals surface area contributed by atoms with Crippen LogP contribution in [0.5, 0.6) is 11.5 Å². The molecule has 32 heavy (non-hydrogen) atoms. The molecule has 1 heterocycles. The molecule has 0 aliphatic carbocycles. The molecule has 0 fully saturated rings. The van der Waals surface area contributed by atoms with E-state index in [2.05, 4.69) is 10.3 Å². The first-order valence-electron chi connectivity index (χ1n) is 9.99. The summed E-state index contributed by atoms with van der Waals surface area (Å²) in [6.07, 6.45) is 1.59. The van der Waals surface area contributed by atoms with E-state index in [0.717, 1.165) is 10.6 Å². The summed E-state index contributed by atoms with van der Waals surface area (Å²) in [7, 11) is 1.52. The van der Waals surface area contributed by atoms with Crippen molar-refractivity contribution >= 4 is 29.3 Å². The number of nitrogens with zero attached hydrogens (tertiary/aromatic N) is 1. The highest BCUT2D eigenvalue weighted by Crippen LogP contribution is 2.29. The Kier molecular flexibility index (Phi) is 8.51. The van der Waals surface area contributed by atoms with Crippen LogP contribution in [0.4, 0.5) is 5.69 Å². The highest BCUT2D eigenvalue weighted by Gasteiger charge is 2.11. The number of rotatable bonds is 10. The molecule has 0 unspecified atom stereocenters. The summed E-state index contributed by atoms with van der Waals surface area (Å²) in [5.74, 6) is 0.806. The summed E-state index contributed by atoms with van der Waals surface area (Å²) in [5, 5.41) is 2.73. The molecule has 0 saturated carbocycles. The maximum absolute atomic E-state index is 12.3. The first kappa shape index (κ1) is 23.1. The first-order valence-corrected chi connectivity index (χ1v) is 11.0. The van der Waals surface area contributed by atoms with Crippen LogP contribution in [0.25, 0.3) is 0 Å². The number of benzene rings is 2. The SMILES string of the molecule is CCOC(=O)c1ccc(NC(=O)COc2cc(CSc3ccccc3)ncc2OC)cc1. The lowest BCUT2D eigenvalue weighted by Gasteiger charge is -2.12. The number of aromatic nitrogens is 1. The van der Waals surface area contributed by atoms with Crippen molar-refractivity contribution in [1.82, 2.24) is 4.98 Å². The zero-order valence-electron chi connectivity index (χ0n) is 17.9. The summed E-state index contributed by atoms with van der Waals surface area (Å²) in [6.45, 7) is 1.85. The van der Waals surface area contributed by atoms with Crippen molar-refractivity contribution in [3.8, 4) is 11.5 Å². The third-order valence-corrected chi connectivity index (χ3v) is 5.32. The summed E-state index contributed by atoms with van der Waals surface area (Å²) in [6, 6.07) is 18.3. The van der Waals surface area contributed by atoms with E-state index in [0.29, 0.717) is 35.1 Å². The minimum Gasteiger partial charge on any atom is -0.491 e. The second-order valence-electron chi connectivity index (χ2n) is 6.56. The third-order valence-electron chi connectivity index (χ3n) is 4.28. The van der Waals surface area contributed by atoms with Crippen molar-refractivity contribution in [3.05, 3.63) is 78.1 Å². The minimum absolute atomic E-state index is 0.203. The number of nitrogens with one attached hydrogen (secondary N) is 1. The number of hydrogen-bond donors (Lipinski definition) is 1. The fourth-order valence-corrected chi connectivity index (χ4v) is 3.55. The smallest absolute Gasteiger partial charge is 0.338 e. The van der Waals surface area contributed by atoms with Gasteiger partial charge in [0, 0.05) is 22.4 Å². The van der Waals surface area contributed by atoms with Gasteiger partial charge < -0.3 is 19.5 Å². The zero-order valence-corrected chi connectivity index (χ0v) is 18.7. The third kappa shape index (κ3) is 6.75. The molecule has 3 aromatic rings. The molecule has 2 aromatic carbocycles. The zero-order chi connectivity index (χ0) is 22.8. The lowest BCUT2D eigenvalue weighted by molar-refractivity contribution is -0.118. The second-order valence-corrected chi connectivity index (χ2v) is 7.61. The number of esters is 1. The average molecular weight is 453 g/mol. The van der Waals surface area contributed by atoms with Crippen LogP contribution in [-0.4, -0.2) is 37.2 Å². The Hall–Kier alpha value is -3.52. The van der Waals surface area contributed by atoms with E-state index in [1.54, 1.807) is 55.2 Å². The molecule has 0 spiro atoms. The highest BCUT2D eigenvalue weighted by molar-refractivity contribution is 7.98. The Labute approximate surface area is 191 Å². The number of amides is 1. The van der Waals surface area contributed by atoms with Crippen LogP contribution in [0.15, 0.2) is 71.8 Å². The highest BCUT2D eigenvalue weighted by atomic mass is 32.2. The minimum atomic E-state index is -0.403. The molecule has 0 aliphatic rings. The Bertz CT molecular complexity index is 1040. The normalized spacial score (nSPS) is 10.3. The number of carbonyl (C=O) groups is 2. The Balaban J connectivity index is 1.56. The van der Waals surface area contributed by atoms with Gasteiger partial charge in [0.25, 0.3) is 5.91 Å². The largest absolute Gasteiger partial charge is 0.491 e. The Morgan fingerprint density at radius 3 is 2.47 bits per heavy atom. The van der Waals surface area contributed by atoms with Crippen LogP contribution in [0.1, 0.15) is 23.0 Å². The fraction of sp³-hybridized carbons (Fsp3) is 0.208. The molecular weight excluding hydrogens is 428 g/mol. The van der Waals surface area contributed by atoms with Crippen molar-refractivity contribution in [2.45, 2.75) is 17.6 Å². The van der Waals surface area contributed by atoms with E-state index in [9.17, 15) is 9.59 Å². The van der Waals surface area contributed by atoms with Gasteiger partial charge in [-0.2, -0.15) is 0 Å². The number of anilines is 1. The summed E-state index contributed by atoms with van der Waals surface area (Å²) in [4.78, 5) is 29.5. The standard InChI is InChI=1S/C24H24N2O5S/c1-3-30-24(28)17-9-11-18(12-10-17)26-23(27)15-31-21-13-19(25-14-22(21)29-2)16-32-20-7-5-4-6-8-20/h4-14H,3,15-16H2,1-2H3,(H,26,27). The first-order chi connectivity index (χ1) is 15.6. The Morgan fingerprint density at radius 1 is 1.03 bits per heavy atom. The van der Waals surface area contributed by atoms with Crippen molar-refractivity contribution < 1.29 is 23.8 Å². The lowest BCUT2D eigenvalue weighted by Crippen LogP contribution is -2.20. The molecule has 7 nitrogen and oxygen atoms in total. The van der Waals surface area contributed by atoms with Crippen molar-refractivity contribution in [3.63, 3.8) is 0 Å². The number of carbonyl (C=O) groups excluding carboxylic acids is 2. The maximum Gasteiger partial charge on any atom is 0.338 e. The average Bonchev–Trinajstić information content (AvgIpc) is 2.82. The van der Waals surface area contributed by atoms with Gasteiger partial charge in [0.15, 0.2) is 18.1 Å². The van der Waals surface area contributed by atoms with E-state index >= 15 is 0 Å². The van der Waals surface area contributed by atoms with Gasteiger partial charge in [-0.25, -0.2) is 4.79 Å². The molecular formula is C24H24N2O5S. The van der Waals surface area contributed by atoms with Gasteiger partial charge in [0.2, 0.25) is 0 Å². The van der Waals surface area contributed by atoms with E-state index in [4.69, 9.17) is 14.2 Å². The Morgan fingerprint density at radius 2 is 1.78 bits per heavy atom. The van der Waals surface area contributed by atoms with E-state index < -0.39 is 5.97 Å². The molecule has 0 atom stereocenters. The molecule has 0 aliphatic heterocycles. The van der Waals surface area contributed by atoms with Crippen LogP contribution >= 0.6 is 11.8 Å².